The summed E-state index contributed by atoms with van der Waals surface area (Å²) in [5.41, 5.74) is 5.67. The number of halogens is 2. The Morgan fingerprint density at radius 2 is 2.03 bits per heavy atom. The van der Waals surface area contributed by atoms with Crippen molar-refractivity contribution in [2.75, 3.05) is 29.2 Å². The van der Waals surface area contributed by atoms with Crippen LogP contribution in [0.25, 0.3) is 11.0 Å². The zero-order chi connectivity index (χ0) is 22.1. The maximum absolute atomic E-state index is 12.7. The van der Waals surface area contributed by atoms with Gasteiger partial charge in [-0.05, 0) is 54.4 Å². The standard InChI is InChI=1S/C24H22ClN5O2.ClH/c1-32-22-6-5-16(25)13-20(22)29-24(31)28-19-3-2-4-21-18(19)9-12-30(21)14-15-7-10-26-23-17(15)8-11-27-23;/h2-8,10-11,13H,9,12,14H2,1H3,(H,26,27)(H2,28,29,31);1H. The fourth-order valence-corrected chi connectivity index (χ4v) is 4.37. The normalized spacial score (nSPS) is 12.2. The maximum atomic E-state index is 12.7. The molecule has 0 saturated heterocycles. The smallest absolute Gasteiger partial charge is 0.323 e. The Balaban J connectivity index is 0.00000259. The molecule has 0 atom stereocenters. The van der Waals surface area contributed by atoms with Gasteiger partial charge in [-0.3, -0.25) is 0 Å². The molecule has 0 aliphatic carbocycles. The molecule has 3 heterocycles. The minimum absolute atomic E-state index is 0. The van der Waals surface area contributed by atoms with Gasteiger partial charge in [0.05, 0.1) is 12.8 Å². The van der Waals surface area contributed by atoms with E-state index in [-0.39, 0.29) is 18.4 Å². The predicted octanol–water partition coefficient (Wildman–Crippen LogP) is 5.85. The number of H-pyrrole nitrogens is 1. The molecule has 1 aliphatic heterocycles. The molecular weight excluding hydrogens is 461 g/mol. The lowest BCUT2D eigenvalue weighted by Crippen LogP contribution is -2.21. The summed E-state index contributed by atoms with van der Waals surface area (Å²) >= 11 is 6.07. The molecule has 2 amide bonds. The fourth-order valence-electron chi connectivity index (χ4n) is 4.20. The van der Waals surface area contributed by atoms with Gasteiger partial charge >= 0.3 is 6.03 Å². The third-order valence-electron chi connectivity index (χ3n) is 5.69. The number of aromatic nitrogens is 2. The average Bonchev–Trinajstić information content (AvgIpc) is 3.42. The first-order chi connectivity index (χ1) is 15.6. The van der Waals surface area contributed by atoms with Crippen LogP contribution in [0.3, 0.4) is 0 Å². The van der Waals surface area contributed by atoms with Crippen molar-refractivity contribution in [3.63, 3.8) is 0 Å². The zero-order valence-corrected chi connectivity index (χ0v) is 19.5. The van der Waals surface area contributed by atoms with E-state index in [9.17, 15) is 4.79 Å². The molecule has 0 fully saturated rings. The highest BCUT2D eigenvalue weighted by molar-refractivity contribution is 6.31. The Hall–Kier alpha value is -3.42. The predicted molar refractivity (Wildman–Crippen MR) is 135 cm³/mol. The van der Waals surface area contributed by atoms with E-state index >= 15 is 0 Å². The number of pyridine rings is 1. The van der Waals surface area contributed by atoms with Gasteiger partial charge in [-0.1, -0.05) is 17.7 Å². The lowest BCUT2D eigenvalue weighted by molar-refractivity contribution is 0.262. The van der Waals surface area contributed by atoms with Crippen molar-refractivity contribution >= 4 is 58.1 Å². The Labute approximate surface area is 202 Å². The molecule has 0 bridgehead atoms. The number of amides is 2. The topological polar surface area (TPSA) is 82.3 Å². The molecule has 33 heavy (non-hydrogen) atoms. The van der Waals surface area contributed by atoms with Gasteiger partial charge < -0.3 is 25.3 Å². The van der Waals surface area contributed by atoms with E-state index in [2.05, 4.69) is 43.7 Å². The van der Waals surface area contributed by atoms with E-state index in [0.29, 0.717) is 16.5 Å². The van der Waals surface area contributed by atoms with E-state index in [1.54, 1.807) is 25.3 Å². The van der Waals surface area contributed by atoms with Crippen LogP contribution < -0.4 is 20.3 Å². The van der Waals surface area contributed by atoms with Gasteiger partial charge in [0.2, 0.25) is 0 Å². The summed E-state index contributed by atoms with van der Waals surface area (Å²) in [4.78, 5) is 22.6. The number of hydrogen-bond acceptors (Lipinski definition) is 4. The Bertz CT molecular complexity index is 1310. The monoisotopic (exact) mass is 483 g/mol. The van der Waals surface area contributed by atoms with Crippen molar-refractivity contribution in [1.82, 2.24) is 9.97 Å². The van der Waals surface area contributed by atoms with Crippen molar-refractivity contribution in [2.24, 2.45) is 0 Å². The molecule has 1 aliphatic rings. The minimum atomic E-state index is -0.347. The number of fused-ring (bicyclic) bond motifs is 2. The number of aromatic amines is 1. The van der Waals surface area contributed by atoms with Crippen LogP contribution in [0, 0.1) is 0 Å². The Morgan fingerprint density at radius 1 is 1.18 bits per heavy atom. The number of rotatable bonds is 5. The third-order valence-corrected chi connectivity index (χ3v) is 5.93. The molecule has 3 N–H and O–H groups in total. The van der Waals surface area contributed by atoms with Crippen molar-refractivity contribution in [3.8, 4) is 5.75 Å². The second-order valence-electron chi connectivity index (χ2n) is 7.61. The summed E-state index contributed by atoms with van der Waals surface area (Å²) in [7, 11) is 1.55. The second-order valence-corrected chi connectivity index (χ2v) is 8.05. The lowest BCUT2D eigenvalue weighted by atomic mass is 10.1. The van der Waals surface area contributed by atoms with Crippen LogP contribution in [0.2, 0.25) is 5.02 Å². The summed E-state index contributed by atoms with van der Waals surface area (Å²) in [5, 5.41) is 7.46. The highest BCUT2D eigenvalue weighted by Crippen LogP contribution is 2.35. The molecule has 7 nitrogen and oxygen atoms in total. The van der Waals surface area contributed by atoms with Crippen LogP contribution in [0.5, 0.6) is 5.75 Å². The average molecular weight is 484 g/mol. The highest BCUT2D eigenvalue weighted by atomic mass is 35.5. The molecule has 0 unspecified atom stereocenters. The highest BCUT2D eigenvalue weighted by Gasteiger charge is 2.23. The van der Waals surface area contributed by atoms with E-state index in [1.807, 2.05) is 24.5 Å². The molecule has 0 saturated carbocycles. The molecule has 2 aromatic heterocycles. The Kier molecular flexibility index (Phi) is 6.62. The van der Waals surface area contributed by atoms with Crippen LogP contribution in [0.4, 0.5) is 21.9 Å². The van der Waals surface area contributed by atoms with Gasteiger partial charge in [0.15, 0.2) is 0 Å². The summed E-state index contributed by atoms with van der Waals surface area (Å²) in [6.07, 6.45) is 4.60. The van der Waals surface area contributed by atoms with E-state index in [0.717, 1.165) is 47.5 Å². The van der Waals surface area contributed by atoms with Crippen LogP contribution in [0.1, 0.15) is 11.1 Å². The van der Waals surface area contributed by atoms with E-state index in [4.69, 9.17) is 16.3 Å². The van der Waals surface area contributed by atoms with Gasteiger partial charge in [-0.15, -0.1) is 12.4 Å². The molecule has 4 aromatic rings. The number of methoxy groups -OCH3 is 1. The van der Waals surface area contributed by atoms with Crippen LogP contribution >= 0.6 is 24.0 Å². The number of ether oxygens (including phenoxy) is 1. The molecule has 0 spiro atoms. The van der Waals surface area contributed by atoms with Crippen molar-refractivity contribution in [1.29, 1.82) is 0 Å². The first kappa shape index (κ1) is 22.8. The van der Waals surface area contributed by atoms with Crippen LogP contribution in [0.15, 0.2) is 60.9 Å². The summed E-state index contributed by atoms with van der Waals surface area (Å²) < 4.78 is 5.31. The van der Waals surface area contributed by atoms with Gasteiger partial charge in [-0.25, -0.2) is 9.78 Å². The van der Waals surface area contributed by atoms with E-state index in [1.165, 1.54) is 5.56 Å². The minimum Gasteiger partial charge on any atom is -0.495 e. The van der Waals surface area contributed by atoms with Crippen LogP contribution in [-0.4, -0.2) is 29.7 Å². The maximum Gasteiger partial charge on any atom is 0.323 e. The fraction of sp³-hybridized carbons (Fsp3) is 0.167. The first-order valence-electron chi connectivity index (χ1n) is 10.3. The van der Waals surface area contributed by atoms with Gasteiger partial charge in [0.25, 0.3) is 0 Å². The number of nitrogens with one attached hydrogen (secondary N) is 3. The van der Waals surface area contributed by atoms with Gasteiger partial charge in [0.1, 0.15) is 11.4 Å². The molecule has 5 rings (SSSR count). The molecule has 0 radical (unpaired) electrons. The van der Waals surface area contributed by atoms with E-state index < -0.39 is 0 Å². The second kappa shape index (κ2) is 9.60. The number of nitrogens with zero attached hydrogens (tertiary/aromatic N) is 2. The summed E-state index contributed by atoms with van der Waals surface area (Å²) in [6, 6.07) is 14.8. The van der Waals surface area contributed by atoms with Crippen molar-refractivity contribution < 1.29 is 9.53 Å². The number of benzene rings is 2. The summed E-state index contributed by atoms with van der Waals surface area (Å²) in [5.74, 6) is 0.544. The van der Waals surface area contributed by atoms with Gasteiger partial charge in [0, 0.05) is 52.8 Å². The van der Waals surface area contributed by atoms with Crippen molar-refractivity contribution in [3.05, 3.63) is 77.1 Å². The lowest BCUT2D eigenvalue weighted by Gasteiger charge is -2.20. The molecular formula is C24H23Cl2N5O2. The third kappa shape index (κ3) is 4.55. The molecule has 2 aromatic carbocycles. The SMILES string of the molecule is COc1ccc(Cl)cc1NC(=O)Nc1cccc2c1CCN2Cc1ccnc2[nH]ccc12.Cl. The number of carbonyl (C=O) groups excluding carboxylic acids is 1. The summed E-state index contributed by atoms with van der Waals surface area (Å²) in [6.45, 7) is 1.66. The van der Waals surface area contributed by atoms with Crippen LogP contribution in [-0.2, 0) is 13.0 Å². The quantitative estimate of drug-likeness (QED) is 0.332. The number of hydrogen-bond donors (Lipinski definition) is 3. The Morgan fingerprint density at radius 3 is 2.88 bits per heavy atom. The van der Waals surface area contributed by atoms with Crippen molar-refractivity contribution in [2.45, 2.75) is 13.0 Å². The first-order valence-corrected chi connectivity index (χ1v) is 10.7. The number of urea groups is 1. The number of carbonyl (C=O) groups is 1. The zero-order valence-electron chi connectivity index (χ0n) is 17.9. The van der Waals surface area contributed by atoms with Gasteiger partial charge in [-0.2, -0.15) is 0 Å². The number of anilines is 3. The largest absolute Gasteiger partial charge is 0.495 e. The molecule has 9 heteroatoms. The molecule has 170 valence electrons.